The Hall–Kier alpha value is -4.00. The average molecular weight is 413 g/mol. The van der Waals surface area contributed by atoms with Crippen LogP contribution in [0.4, 0.5) is 10.1 Å². The van der Waals surface area contributed by atoms with Gasteiger partial charge < -0.3 is 14.5 Å². The van der Waals surface area contributed by atoms with Gasteiger partial charge >= 0.3 is 0 Å². The summed E-state index contributed by atoms with van der Waals surface area (Å²) < 4.78 is 17.6. The van der Waals surface area contributed by atoms with Crippen molar-refractivity contribution in [3.8, 4) is 0 Å². The van der Waals surface area contributed by atoms with E-state index in [-0.39, 0.29) is 11.7 Å². The second-order valence-electron chi connectivity index (χ2n) is 7.56. The highest BCUT2D eigenvalue weighted by Gasteiger charge is 2.17. The van der Waals surface area contributed by atoms with Gasteiger partial charge in [-0.3, -0.25) is 9.78 Å². The van der Waals surface area contributed by atoms with Crippen LogP contribution in [-0.2, 0) is 13.6 Å². The molecule has 0 unspecified atom stereocenters. The predicted octanol–water partition coefficient (Wildman–Crippen LogP) is 4.67. The minimum atomic E-state index is -0.305. The third-order valence-electron chi connectivity index (χ3n) is 5.53. The van der Waals surface area contributed by atoms with Gasteiger partial charge in [0.1, 0.15) is 17.3 Å². The summed E-state index contributed by atoms with van der Waals surface area (Å²) in [6.07, 6.45) is 3.40. The Balaban J connectivity index is 1.52. The number of pyridine rings is 1. The lowest BCUT2D eigenvalue weighted by molar-refractivity contribution is 0.101. The van der Waals surface area contributed by atoms with Crippen molar-refractivity contribution in [2.75, 3.05) is 5.32 Å². The summed E-state index contributed by atoms with van der Waals surface area (Å²) in [5.74, 6) is 0.349. The molecule has 0 spiro atoms. The summed E-state index contributed by atoms with van der Waals surface area (Å²) in [4.78, 5) is 21.9. The van der Waals surface area contributed by atoms with Gasteiger partial charge in [0.25, 0.3) is 5.91 Å². The van der Waals surface area contributed by atoms with Gasteiger partial charge in [-0.05, 0) is 55.0 Å². The van der Waals surface area contributed by atoms with E-state index in [0.717, 1.165) is 33.3 Å². The zero-order chi connectivity index (χ0) is 21.5. The first-order valence-corrected chi connectivity index (χ1v) is 9.92. The molecule has 1 N–H and O–H groups in total. The van der Waals surface area contributed by atoms with Crippen LogP contribution in [0, 0.1) is 12.7 Å². The smallest absolute Gasteiger partial charge is 0.272 e. The van der Waals surface area contributed by atoms with E-state index in [0.29, 0.717) is 17.9 Å². The lowest BCUT2D eigenvalue weighted by Gasteiger charge is -2.12. The van der Waals surface area contributed by atoms with Gasteiger partial charge in [0.2, 0.25) is 0 Å². The molecule has 5 aromatic rings. The fourth-order valence-electron chi connectivity index (χ4n) is 3.88. The van der Waals surface area contributed by atoms with Crippen LogP contribution in [0.5, 0.6) is 0 Å². The molecule has 31 heavy (non-hydrogen) atoms. The number of fused-ring (bicyclic) bond motifs is 2. The van der Waals surface area contributed by atoms with E-state index in [1.807, 2.05) is 53.4 Å². The van der Waals surface area contributed by atoms with Crippen LogP contribution in [0.1, 0.15) is 21.9 Å². The number of imidazole rings is 1. The lowest BCUT2D eigenvalue weighted by Crippen LogP contribution is -2.17. The Morgan fingerprint density at radius 2 is 1.97 bits per heavy atom. The molecule has 1 amide bonds. The molecule has 0 saturated heterocycles. The molecule has 0 aliphatic rings. The number of nitrogens with zero attached hydrogens (tertiary/aromatic N) is 4. The number of hydrogen-bond donors (Lipinski definition) is 1. The number of amides is 1. The summed E-state index contributed by atoms with van der Waals surface area (Å²) in [6, 6.07) is 15.7. The van der Waals surface area contributed by atoms with Crippen molar-refractivity contribution in [2.24, 2.45) is 7.05 Å². The first kappa shape index (κ1) is 19.0. The molecule has 0 saturated carbocycles. The summed E-state index contributed by atoms with van der Waals surface area (Å²) >= 11 is 0. The standard InChI is InChI=1S/C24H20FN5O/c1-15-27-20-12-19(6-7-22(20)29(15)2)28-24(31)23-11-17-13-26-9-8-21(17)30(23)14-16-4-3-5-18(25)10-16/h3-13H,14H2,1-2H3,(H,28,31). The Morgan fingerprint density at radius 1 is 1.10 bits per heavy atom. The Morgan fingerprint density at radius 3 is 2.81 bits per heavy atom. The second-order valence-corrected chi connectivity index (χ2v) is 7.56. The molecule has 2 aromatic carbocycles. The Kier molecular flexibility index (Phi) is 4.51. The van der Waals surface area contributed by atoms with Crippen molar-refractivity contribution in [2.45, 2.75) is 13.5 Å². The minimum Gasteiger partial charge on any atom is -0.332 e. The molecule has 5 rings (SSSR count). The molecule has 0 aliphatic heterocycles. The van der Waals surface area contributed by atoms with Crippen LogP contribution in [0.3, 0.4) is 0 Å². The zero-order valence-corrected chi connectivity index (χ0v) is 17.1. The van der Waals surface area contributed by atoms with Crippen molar-refractivity contribution in [3.63, 3.8) is 0 Å². The van der Waals surface area contributed by atoms with Crippen molar-refractivity contribution >= 4 is 33.5 Å². The fourth-order valence-corrected chi connectivity index (χ4v) is 3.88. The molecule has 0 aliphatic carbocycles. The van der Waals surface area contributed by atoms with E-state index in [1.54, 1.807) is 24.5 Å². The maximum absolute atomic E-state index is 13.7. The van der Waals surface area contributed by atoms with Crippen LogP contribution in [-0.4, -0.2) is 25.0 Å². The first-order valence-electron chi connectivity index (χ1n) is 9.92. The summed E-state index contributed by atoms with van der Waals surface area (Å²) in [7, 11) is 1.96. The number of benzene rings is 2. The van der Waals surface area contributed by atoms with Crippen LogP contribution in [0.25, 0.3) is 21.9 Å². The molecule has 3 aromatic heterocycles. The first-order chi connectivity index (χ1) is 15.0. The molecule has 7 heteroatoms. The zero-order valence-electron chi connectivity index (χ0n) is 17.1. The normalized spacial score (nSPS) is 11.3. The lowest BCUT2D eigenvalue weighted by atomic mass is 10.2. The van der Waals surface area contributed by atoms with E-state index in [9.17, 15) is 9.18 Å². The molecule has 6 nitrogen and oxygen atoms in total. The Bertz CT molecular complexity index is 1450. The van der Waals surface area contributed by atoms with E-state index in [2.05, 4.69) is 15.3 Å². The van der Waals surface area contributed by atoms with Crippen LogP contribution in [0.2, 0.25) is 0 Å². The number of halogens is 1. The highest BCUT2D eigenvalue weighted by molar-refractivity contribution is 6.07. The van der Waals surface area contributed by atoms with Crippen LogP contribution < -0.4 is 5.32 Å². The third-order valence-corrected chi connectivity index (χ3v) is 5.53. The van der Waals surface area contributed by atoms with Crippen molar-refractivity contribution in [1.29, 1.82) is 0 Å². The van der Waals surface area contributed by atoms with Gasteiger partial charge in [-0.2, -0.15) is 0 Å². The second kappa shape index (κ2) is 7.36. The summed E-state index contributed by atoms with van der Waals surface area (Å²) in [6.45, 7) is 2.31. The molecule has 0 bridgehead atoms. The molecule has 0 atom stereocenters. The highest BCUT2D eigenvalue weighted by atomic mass is 19.1. The van der Waals surface area contributed by atoms with Gasteiger partial charge in [-0.1, -0.05) is 12.1 Å². The molecule has 0 fully saturated rings. The molecule has 154 valence electrons. The summed E-state index contributed by atoms with van der Waals surface area (Å²) in [5.41, 5.74) is 4.60. The summed E-state index contributed by atoms with van der Waals surface area (Å²) in [5, 5.41) is 3.82. The van der Waals surface area contributed by atoms with Gasteiger partial charge in [0.05, 0.1) is 16.6 Å². The number of rotatable bonds is 4. The number of carbonyl (C=O) groups is 1. The largest absolute Gasteiger partial charge is 0.332 e. The van der Waals surface area contributed by atoms with Crippen LogP contribution in [0.15, 0.2) is 67.0 Å². The van der Waals surface area contributed by atoms with E-state index < -0.39 is 0 Å². The molecule has 0 radical (unpaired) electrons. The fraction of sp³-hybridized carbons (Fsp3) is 0.125. The van der Waals surface area contributed by atoms with E-state index in [4.69, 9.17) is 0 Å². The van der Waals surface area contributed by atoms with Gasteiger partial charge in [-0.15, -0.1) is 0 Å². The molecular formula is C24H20FN5O. The van der Waals surface area contributed by atoms with Crippen LogP contribution >= 0.6 is 0 Å². The number of carbonyl (C=O) groups excluding carboxylic acids is 1. The SMILES string of the molecule is Cc1nc2cc(NC(=O)c3cc4cnccc4n3Cc3cccc(F)c3)ccc2n1C. The quantitative estimate of drug-likeness (QED) is 0.466. The van der Waals surface area contributed by atoms with Gasteiger partial charge in [-0.25, -0.2) is 9.37 Å². The maximum atomic E-state index is 13.7. The van der Waals surface area contributed by atoms with Gasteiger partial charge in [0.15, 0.2) is 0 Å². The number of aryl methyl sites for hydroxylation is 2. The van der Waals surface area contributed by atoms with Crippen molar-refractivity contribution in [1.82, 2.24) is 19.1 Å². The van der Waals surface area contributed by atoms with Crippen molar-refractivity contribution < 1.29 is 9.18 Å². The average Bonchev–Trinajstić information content (AvgIpc) is 3.25. The number of aromatic nitrogens is 4. The van der Waals surface area contributed by atoms with Gasteiger partial charge in [0, 0.05) is 37.1 Å². The number of anilines is 1. The topological polar surface area (TPSA) is 64.7 Å². The minimum absolute atomic E-state index is 0.250. The third kappa shape index (κ3) is 3.44. The van der Waals surface area contributed by atoms with Crippen molar-refractivity contribution in [3.05, 3.63) is 89.9 Å². The highest BCUT2D eigenvalue weighted by Crippen LogP contribution is 2.24. The number of hydrogen-bond acceptors (Lipinski definition) is 3. The van der Waals surface area contributed by atoms with E-state index in [1.165, 1.54) is 12.1 Å². The maximum Gasteiger partial charge on any atom is 0.272 e. The van der Waals surface area contributed by atoms with E-state index >= 15 is 0 Å². The Labute approximate surface area is 178 Å². The predicted molar refractivity (Wildman–Crippen MR) is 119 cm³/mol. The molecule has 3 heterocycles. The molecular weight excluding hydrogens is 393 g/mol. The number of nitrogens with one attached hydrogen (secondary N) is 1. The monoisotopic (exact) mass is 413 g/mol.